The maximum Gasteiger partial charge on any atom is 0.337 e. The number of aromatic nitrogens is 4. The number of hydrogen-bond acceptors (Lipinski definition) is 8. The fourth-order valence-corrected chi connectivity index (χ4v) is 2.36. The standard InChI is InChI=1S/C15H15N7O3/c1-22(8-2-3-9(14(24)25)10(16)4-8)6-7-5-18-12-11(19-7)13(23)21-15(17)20-12/h2-5H,6,16H2,1H3,(H,24,25)(H3,17,18,20,21,23). The van der Waals surface area contributed by atoms with E-state index in [0.29, 0.717) is 17.9 Å². The van der Waals surface area contributed by atoms with Gasteiger partial charge in [-0.1, -0.05) is 0 Å². The highest BCUT2D eigenvalue weighted by atomic mass is 16.4. The summed E-state index contributed by atoms with van der Waals surface area (Å²) in [5.41, 5.74) is 12.5. The van der Waals surface area contributed by atoms with Crippen molar-refractivity contribution in [2.75, 3.05) is 23.4 Å². The van der Waals surface area contributed by atoms with Crippen molar-refractivity contribution in [3.63, 3.8) is 0 Å². The highest BCUT2D eigenvalue weighted by Crippen LogP contribution is 2.22. The van der Waals surface area contributed by atoms with E-state index in [0.717, 1.165) is 0 Å². The summed E-state index contributed by atoms with van der Waals surface area (Å²) >= 11 is 0. The lowest BCUT2D eigenvalue weighted by Gasteiger charge is -2.19. The molecule has 0 aliphatic rings. The molecule has 0 bridgehead atoms. The first-order valence-corrected chi connectivity index (χ1v) is 7.20. The predicted molar refractivity (Wildman–Crippen MR) is 92.3 cm³/mol. The van der Waals surface area contributed by atoms with Crippen LogP contribution in [0.25, 0.3) is 11.2 Å². The van der Waals surface area contributed by atoms with Crippen LogP contribution in [-0.4, -0.2) is 38.1 Å². The molecule has 6 N–H and O–H groups in total. The molecule has 2 heterocycles. The Hall–Kier alpha value is -3.69. The van der Waals surface area contributed by atoms with Crippen molar-refractivity contribution in [1.29, 1.82) is 0 Å². The van der Waals surface area contributed by atoms with Crippen molar-refractivity contribution in [2.45, 2.75) is 6.54 Å². The molecule has 0 spiro atoms. The van der Waals surface area contributed by atoms with E-state index >= 15 is 0 Å². The highest BCUT2D eigenvalue weighted by molar-refractivity contribution is 5.94. The largest absolute Gasteiger partial charge is 0.478 e. The fourth-order valence-electron chi connectivity index (χ4n) is 2.36. The van der Waals surface area contributed by atoms with Crippen molar-refractivity contribution < 1.29 is 9.90 Å². The van der Waals surface area contributed by atoms with Crippen LogP contribution in [0.3, 0.4) is 0 Å². The molecule has 10 nitrogen and oxygen atoms in total. The second-order valence-corrected chi connectivity index (χ2v) is 5.42. The van der Waals surface area contributed by atoms with Gasteiger partial charge in [-0.25, -0.2) is 14.8 Å². The molecule has 0 unspecified atom stereocenters. The number of nitrogens with zero attached hydrogens (tertiary/aromatic N) is 4. The van der Waals surface area contributed by atoms with Crippen molar-refractivity contribution in [1.82, 2.24) is 19.9 Å². The molecule has 2 aromatic heterocycles. The molecule has 3 rings (SSSR count). The first-order chi connectivity index (χ1) is 11.8. The Morgan fingerprint density at radius 2 is 2.08 bits per heavy atom. The zero-order valence-electron chi connectivity index (χ0n) is 13.2. The number of aromatic carboxylic acids is 1. The molecule has 25 heavy (non-hydrogen) atoms. The van der Waals surface area contributed by atoms with Gasteiger partial charge in [-0.15, -0.1) is 0 Å². The van der Waals surface area contributed by atoms with E-state index in [1.165, 1.54) is 12.3 Å². The van der Waals surface area contributed by atoms with Crippen LogP contribution in [0.1, 0.15) is 16.1 Å². The summed E-state index contributed by atoms with van der Waals surface area (Å²) in [6.07, 6.45) is 1.50. The topological polar surface area (TPSA) is 164 Å². The third kappa shape index (κ3) is 3.17. The maximum absolute atomic E-state index is 11.9. The fraction of sp³-hybridized carbons (Fsp3) is 0.133. The quantitative estimate of drug-likeness (QED) is 0.485. The van der Waals surface area contributed by atoms with Gasteiger partial charge in [-0.3, -0.25) is 9.78 Å². The van der Waals surface area contributed by atoms with Crippen LogP contribution in [0.2, 0.25) is 0 Å². The van der Waals surface area contributed by atoms with Gasteiger partial charge < -0.3 is 21.5 Å². The molecule has 0 radical (unpaired) electrons. The Bertz CT molecular complexity index is 1030. The molecule has 0 fully saturated rings. The number of carboxylic acid groups (broad SMARTS) is 1. The number of nitrogen functional groups attached to an aromatic ring is 2. The van der Waals surface area contributed by atoms with Crippen LogP contribution in [-0.2, 0) is 6.54 Å². The zero-order chi connectivity index (χ0) is 18.1. The van der Waals surface area contributed by atoms with Gasteiger partial charge in [0.2, 0.25) is 5.95 Å². The minimum atomic E-state index is -1.09. The third-order valence-corrected chi connectivity index (χ3v) is 3.59. The van der Waals surface area contributed by atoms with Gasteiger partial charge in [0, 0.05) is 18.4 Å². The minimum Gasteiger partial charge on any atom is -0.478 e. The summed E-state index contributed by atoms with van der Waals surface area (Å²) < 4.78 is 0. The van der Waals surface area contributed by atoms with E-state index in [-0.39, 0.29) is 28.4 Å². The van der Waals surface area contributed by atoms with Crippen molar-refractivity contribution in [3.05, 3.63) is 46.0 Å². The van der Waals surface area contributed by atoms with Crippen molar-refractivity contribution in [3.8, 4) is 0 Å². The lowest BCUT2D eigenvalue weighted by molar-refractivity contribution is 0.0698. The van der Waals surface area contributed by atoms with E-state index in [4.69, 9.17) is 16.6 Å². The molecular formula is C15H15N7O3. The summed E-state index contributed by atoms with van der Waals surface area (Å²) in [6, 6.07) is 4.64. The monoisotopic (exact) mass is 341 g/mol. The molecule has 10 heteroatoms. The smallest absolute Gasteiger partial charge is 0.337 e. The Kier molecular flexibility index (Phi) is 3.93. The molecular weight excluding hydrogens is 326 g/mol. The highest BCUT2D eigenvalue weighted by Gasteiger charge is 2.12. The van der Waals surface area contributed by atoms with E-state index in [1.54, 1.807) is 24.1 Å². The second-order valence-electron chi connectivity index (χ2n) is 5.42. The molecule has 3 aromatic rings. The SMILES string of the molecule is CN(Cc1cnc2nc(N)[nH]c(=O)c2n1)c1ccc(C(=O)O)c(N)c1. The van der Waals surface area contributed by atoms with Gasteiger partial charge in [-0.05, 0) is 18.2 Å². The summed E-state index contributed by atoms with van der Waals surface area (Å²) in [6.45, 7) is 0.332. The number of anilines is 3. The lowest BCUT2D eigenvalue weighted by Crippen LogP contribution is -2.20. The van der Waals surface area contributed by atoms with Crippen LogP contribution in [0.15, 0.2) is 29.2 Å². The van der Waals surface area contributed by atoms with Crippen LogP contribution in [0, 0.1) is 0 Å². The first-order valence-electron chi connectivity index (χ1n) is 7.20. The molecule has 0 aliphatic heterocycles. The van der Waals surface area contributed by atoms with Crippen LogP contribution >= 0.6 is 0 Å². The zero-order valence-corrected chi connectivity index (χ0v) is 13.2. The minimum absolute atomic E-state index is 0.0225. The Morgan fingerprint density at radius 1 is 1.32 bits per heavy atom. The van der Waals surface area contributed by atoms with Crippen LogP contribution < -0.4 is 21.9 Å². The number of fused-ring (bicyclic) bond motifs is 1. The van der Waals surface area contributed by atoms with Gasteiger partial charge in [0.05, 0.1) is 24.0 Å². The number of benzene rings is 1. The van der Waals surface area contributed by atoms with E-state index in [1.807, 2.05) is 0 Å². The average Bonchev–Trinajstić information content (AvgIpc) is 2.54. The molecule has 1 aromatic carbocycles. The number of rotatable bonds is 4. The van der Waals surface area contributed by atoms with Gasteiger partial charge in [0.15, 0.2) is 11.2 Å². The van der Waals surface area contributed by atoms with E-state index < -0.39 is 11.5 Å². The number of H-pyrrole nitrogens is 1. The van der Waals surface area contributed by atoms with Gasteiger partial charge in [-0.2, -0.15) is 4.98 Å². The number of hydrogen-bond donors (Lipinski definition) is 4. The van der Waals surface area contributed by atoms with Gasteiger partial charge >= 0.3 is 5.97 Å². The first kappa shape index (κ1) is 16.2. The summed E-state index contributed by atoms with van der Waals surface area (Å²) in [7, 11) is 1.78. The summed E-state index contributed by atoms with van der Waals surface area (Å²) in [5.74, 6) is -1.11. The van der Waals surface area contributed by atoms with Gasteiger partial charge in [0.1, 0.15) is 0 Å². The predicted octanol–water partition coefficient (Wildman–Crippen LogP) is 0.212. The molecule has 0 saturated carbocycles. The lowest BCUT2D eigenvalue weighted by atomic mass is 10.1. The average molecular weight is 341 g/mol. The van der Waals surface area contributed by atoms with E-state index in [9.17, 15) is 9.59 Å². The maximum atomic E-state index is 11.9. The normalized spacial score (nSPS) is 10.8. The molecule has 0 atom stereocenters. The molecule has 128 valence electrons. The number of aromatic amines is 1. The van der Waals surface area contributed by atoms with E-state index in [2.05, 4.69) is 19.9 Å². The molecule has 0 saturated heterocycles. The third-order valence-electron chi connectivity index (χ3n) is 3.59. The van der Waals surface area contributed by atoms with Gasteiger partial charge in [0.25, 0.3) is 5.56 Å². The summed E-state index contributed by atoms with van der Waals surface area (Å²) in [5, 5.41) is 9.02. The molecule has 0 amide bonds. The Labute approximate surface area is 141 Å². The number of carbonyl (C=O) groups is 1. The Balaban J connectivity index is 1.89. The number of carboxylic acids is 1. The van der Waals surface area contributed by atoms with Crippen molar-refractivity contribution >= 4 is 34.5 Å². The van der Waals surface area contributed by atoms with Crippen molar-refractivity contribution in [2.24, 2.45) is 0 Å². The second kappa shape index (κ2) is 6.07. The van der Waals surface area contributed by atoms with Crippen LogP contribution in [0.5, 0.6) is 0 Å². The Morgan fingerprint density at radius 3 is 2.76 bits per heavy atom. The number of nitrogens with two attached hydrogens (primary N) is 2. The number of nitrogens with one attached hydrogen (secondary N) is 1. The molecule has 0 aliphatic carbocycles. The van der Waals surface area contributed by atoms with Crippen LogP contribution in [0.4, 0.5) is 17.3 Å². The summed E-state index contributed by atoms with van der Waals surface area (Å²) in [4.78, 5) is 39.4.